The Morgan fingerprint density at radius 1 is 1.40 bits per heavy atom. The van der Waals surface area contributed by atoms with E-state index in [1.54, 1.807) is 16.2 Å². The van der Waals surface area contributed by atoms with Crippen LogP contribution in [0.1, 0.15) is 5.56 Å². The molecule has 0 aromatic carbocycles. The number of hydrogen-bond acceptors (Lipinski definition) is 5. The molecule has 0 radical (unpaired) electrons. The Morgan fingerprint density at radius 3 is 3.00 bits per heavy atom. The molecule has 3 aromatic rings. The van der Waals surface area contributed by atoms with Crippen molar-refractivity contribution < 1.29 is 9.59 Å². The Kier molecular flexibility index (Phi) is 4.22. The van der Waals surface area contributed by atoms with E-state index in [0.717, 1.165) is 21.8 Å². The smallest absolute Gasteiger partial charge is 0.245 e. The van der Waals surface area contributed by atoms with E-state index >= 15 is 0 Å². The second kappa shape index (κ2) is 6.53. The summed E-state index contributed by atoms with van der Waals surface area (Å²) in [5.41, 5.74) is 2.63. The number of aryl methyl sites for hydroxylation is 1. The molecule has 0 spiro atoms. The third-order valence-corrected chi connectivity index (χ3v) is 5.78. The third kappa shape index (κ3) is 3.14. The monoisotopic (exact) mass is 372 g/mol. The van der Waals surface area contributed by atoms with Crippen molar-refractivity contribution in [3.63, 3.8) is 0 Å². The number of thioether (sulfide) groups is 1. The third-order valence-electron chi connectivity index (χ3n) is 3.95. The summed E-state index contributed by atoms with van der Waals surface area (Å²) in [5.74, 6) is 1.45. The molecule has 4 heterocycles. The van der Waals surface area contributed by atoms with Gasteiger partial charge in [-0.3, -0.25) is 14.0 Å². The molecule has 4 rings (SSSR count). The molecule has 2 amide bonds. The second-order valence-electron chi connectivity index (χ2n) is 5.84. The van der Waals surface area contributed by atoms with Crippen LogP contribution < -0.4 is 5.32 Å². The van der Waals surface area contributed by atoms with E-state index in [2.05, 4.69) is 10.3 Å². The summed E-state index contributed by atoms with van der Waals surface area (Å²) in [6, 6.07) is 7.90. The molecule has 8 heteroatoms. The van der Waals surface area contributed by atoms with E-state index in [1.807, 2.05) is 47.2 Å². The topological polar surface area (TPSA) is 66.7 Å². The van der Waals surface area contributed by atoms with Crippen LogP contribution in [0.25, 0.3) is 16.2 Å². The highest BCUT2D eigenvalue weighted by molar-refractivity contribution is 8.00. The molecule has 1 aliphatic heterocycles. The largest absolute Gasteiger partial charge is 0.323 e. The van der Waals surface area contributed by atoms with Gasteiger partial charge in [0.05, 0.1) is 16.5 Å². The number of aromatic nitrogens is 2. The lowest BCUT2D eigenvalue weighted by atomic mass is 10.3. The first-order chi connectivity index (χ1) is 12.1. The van der Waals surface area contributed by atoms with Crippen molar-refractivity contribution in [2.24, 2.45) is 0 Å². The van der Waals surface area contributed by atoms with Crippen LogP contribution in [0.2, 0.25) is 0 Å². The molecule has 0 saturated carbocycles. The first-order valence-electron chi connectivity index (χ1n) is 7.80. The van der Waals surface area contributed by atoms with Gasteiger partial charge in [0.1, 0.15) is 23.7 Å². The summed E-state index contributed by atoms with van der Waals surface area (Å²) in [6.45, 7) is 2.07. The molecule has 6 nitrogen and oxygen atoms in total. The molecule has 1 aliphatic rings. The quantitative estimate of drug-likeness (QED) is 0.765. The Balaban J connectivity index is 1.68. The zero-order valence-electron chi connectivity index (χ0n) is 13.6. The minimum atomic E-state index is -0.212. The highest BCUT2D eigenvalue weighted by Gasteiger charge is 2.24. The van der Waals surface area contributed by atoms with Crippen LogP contribution in [0.3, 0.4) is 0 Å². The zero-order chi connectivity index (χ0) is 17.4. The molecule has 128 valence electrons. The van der Waals surface area contributed by atoms with E-state index in [0.29, 0.717) is 17.4 Å². The predicted molar refractivity (Wildman–Crippen MR) is 101 cm³/mol. The Bertz CT molecular complexity index is 949. The number of fused-ring (bicyclic) bond motifs is 1. The van der Waals surface area contributed by atoms with Crippen molar-refractivity contribution in [1.29, 1.82) is 0 Å². The number of nitrogens with one attached hydrogen (secondary N) is 1. The summed E-state index contributed by atoms with van der Waals surface area (Å²) >= 11 is 3.10. The first-order valence-corrected chi connectivity index (χ1v) is 9.83. The SMILES string of the molecule is Cc1ccn2c(NC(=O)CN3CSCC3=O)c(-c3cccs3)nc2c1. The molecule has 1 N–H and O–H groups in total. The average molecular weight is 372 g/mol. The number of carbonyl (C=O) groups is 2. The summed E-state index contributed by atoms with van der Waals surface area (Å²) in [6.07, 6.45) is 1.90. The number of carbonyl (C=O) groups excluding carboxylic acids is 2. The van der Waals surface area contributed by atoms with E-state index in [-0.39, 0.29) is 18.4 Å². The maximum atomic E-state index is 12.5. The van der Waals surface area contributed by atoms with Crippen LogP contribution in [0.15, 0.2) is 35.8 Å². The van der Waals surface area contributed by atoms with E-state index in [1.165, 1.54) is 11.8 Å². The van der Waals surface area contributed by atoms with Crippen LogP contribution in [0, 0.1) is 6.92 Å². The summed E-state index contributed by atoms with van der Waals surface area (Å²) in [5, 5.41) is 4.94. The molecule has 0 aliphatic carbocycles. The number of pyridine rings is 1. The molecule has 1 saturated heterocycles. The molecule has 3 aromatic heterocycles. The fourth-order valence-corrected chi connectivity index (χ4v) is 4.36. The molecule has 0 atom stereocenters. The molecular weight excluding hydrogens is 356 g/mol. The van der Waals surface area contributed by atoms with Gasteiger partial charge in [0.25, 0.3) is 0 Å². The van der Waals surface area contributed by atoms with E-state index < -0.39 is 0 Å². The van der Waals surface area contributed by atoms with Gasteiger partial charge in [-0.05, 0) is 36.1 Å². The van der Waals surface area contributed by atoms with Gasteiger partial charge in [-0.15, -0.1) is 23.1 Å². The van der Waals surface area contributed by atoms with Gasteiger partial charge in [0, 0.05) is 6.20 Å². The number of rotatable bonds is 4. The molecular formula is C17H16N4O2S2. The number of imidazole rings is 1. The van der Waals surface area contributed by atoms with Crippen molar-refractivity contribution in [2.75, 3.05) is 23.5 Å². The number of nitrogens with zero attached hydrogens (tertiary/aromatic N) is 3. The summed E-state index contributed by atoms with van der Waals surface area (Å²) in [4.78, 5) is 31.5. The van der Waals surface area contributed by atoms with Gasteiger partial charge in [0.2, 0.25) is 11.8 Å². The van der Waals surface area contributed by atoms with Crippen molar-refractivity contribution in [2.45, 2.75) is 6.92 Å². The maximum Gasteiger partial charge on any atom is 0.245 e. The molecule has 0 unspecified atom stereocenters. The molecule has 1 fully saturated rings. The van der Waals surface area contributed by atoms with Crippen molar-refractivity contribution in [1.82, 2.24) is 14.3 Å². The molecule has 0 bridgehead atoms. The van der Waals surface area contributed by atoms with Crippen LogP contribution in [0.4, 0.5) is 5.82 Å². The highest BCUT2D eigenvalue weighted by atomic mass is 32.2. The maximum absolute atomic E-state index is 12.5. The van der Waals surface area contributed by atoms with Crippen LogP contribution in [-0.4, -0.2) is 44.3 Å². The number of anilines is 1. The lowest BCUT2D eigenvalue weighted by molar-refractivity contribution is -0.130. The summed E-state index contributed by atoms with van der Waals surface area (Å²) < 4.78 is 1.88. The fraction of sp³-hybridized carbons (Fsp3) is 0.235. The van der Waals surface area contributed by atoms with Gasteiger partial charge in [-0.1, -0.05) is 6.07 Å². The van der Waals surface area contributed by atoms with Gasteiger partial charge in [0.15, 0.2) is 0 Å². The normalized spacial score (nSPS) is 14.4. The Labute approximate surface area is 152 Å². The standard InChI is InChI=1S/C17H16N4O2S2/c1-11-4-5-21-13(7-11)18-16(12-3-2-6-25-12)17(21)19-14(22)8-20-10-24-9-15(20)23/h2-7H,8-10H2,1H3,(H,19,22). The number of thiophene rings is 1. The van der Waals surface area contributed by atoms with Crippen molar-refractivity contribution in [3.05, 3.63) is 41.4 Å². The molecule has 25 heavy (non-hydrogen) atoms. The minimum absolute atomic E-state index is 0.00685. The lowest BCUT2D eigenvalue weighted by Gasteiger charge is -2.14. The van der Waals surface area contributed by atoms with E-state index in [9.17, 15) is 9.59 Å². The van der Waals surface area contributed by atoms with Crippen LogP contribution >= 0.6 is 23.1 Å². The first kappa shape index (κ1) is 16.2. The fourth-order valence-electron chi connectivity index (χ4n) is 2.74. The van der Waals surface area contributed by atoms with Crippen molar-refractivity contribution in [3.8, 4) is 10.6 Å². The Hall–Kier alpha value is -2.32. The summed E-state index contributed by atoms with van der Waals surface area (Å²) in [7, 11) is 0. The van der Waals surface area contributed by atoms with E-state index in [4.69, 9.17) is 0 Å². The number of hydrogen-bond donors (Lipinski definition) is 1. The van der Waals surface area contributed by atoms with Gasteiger partial charge < -0.3 is 10.2 Å². The van der Waals surface area contributed by atoms with Gasteiger partial charge in [-0.25, -0.2) is 4.98 Å². The minimum Gasteiger partial charge on any atom is -0.323 e. The average Bonchev–Trinajstić information content (AvgIpc) is 3.29. The van der Waals surface area contributed by atoms with Gasteiger partial charge >= 0.3 is 0 Å². The second-order valence-corrected chi connectivity index (χ2v) is 7.74. The van der Waals surface area contributed by atoms with Gasteiger partial charge in [-0.2, -0.15) is 0 Å². The Morgan fingerprint density at radius 2 is 2.28 bits per heavy atom. The van der Waals surface area contributed by atoms with Crippen LogP contribution in [0.5, 0.6) is 0 Å². The van der Waals surface area contributed by atoms with Crippen molar-refractivity contribution >= 4 is 46.4 Å². The lowest BCUT2D eigenvalue weighted by Crippen LogP contribution is -2.34. The zero-order valence-corrected chi connectivity index (χ0v) is 15.2. The predicted octanol–water partition coefficient (Wildman–Crippen LogP) is 2.84. The van der Waals surface area contributed by atoms with Crippen LogP contribution in [-0.2, 0) is 9.59 Å². The highest BCUT2D eigenvalue weighted by Crippen LogP contribution is 2.32. The number of amides is 2.